The van der Waals surface area contributed by atoms with E-state index in [2.05, 4.69) is 12.2 Å². The van der Waals surface area contributed by atoms with Crippen LogP contribution in [0.15, 0.2) is 0 Å². The molecule has 90 valence electrons. The molecule has 0 aromatic heterocycles. The van der Waals surface area contributed by atoms with E-state index in [9.17, 15) is 4.79 Å². The Labute approximate surface area is 93.6 Å². The summed E-state index contributed by atoms with van der Waals surface area (Å²) in [5.74, 6) is 0.264. The molecular weight excluding hydrogens is 190 g/mol. The van der Waals surface area contributed by atoms with Crippen LogP contribution in [-0.4, -0.2) is 24.7 Å². The van der Waals surface area contributed by atoms with Crippen molar-refractivity contribution in [2.75, 3.05) is 13.2 Å². The molecule has 15 heavy (non-hydrogen) atoms. The van der Waals surface area contributed by atoms with Crippen molar-refractivity contribution in [2.24, 2.45) is 5.92 Å². The van der Waals surface area contributed by atoms with Crippen LogP contribution in [0.4, 0.5) is 0 Å². The van der Waals surface area contributed by atoms with Gasteiger partial charge in [0.05, 0.1) is 0 Å². The number of rotatable bonds is 7. The van der Waals surface area contributed by atoms with Crippen LogP contribution >= 0.6 is 0 Å². The van der Waals surface area contributed by atoms with Crippen LogP contribution in [0.3, 0.4) is 0 Å². The maximum atomic E-state index is 11.3. The first-order valence-electron chi connectivity index (χ1n) is 5.78. The topological polar surface area (TPSA) is 38.3 Å². The fraction of sp³-hybridized carbons (Fsp3) is 0.917. The number of carbonyl (C=O) groups is 1. The number of nitrogens with one attached hydrogen (secondary N) is 1. The largest absolute Gasteiger partial charge is 0.464 e. The third kappa shape index (κ3) is 8.43. The average molecular weight is 215 g/mol. The molecule has 0 bridgehead atoms. The lowest BCUT2D eigenvalue weighted by molar-refractivity contribution is -0.146. The molecule has 0 aromatic rings. The van der Waals surface area contributed by atoms with Crippen LogP contribution in [-0.2, 0) is 9.53 Å². The Morgan fingerprint density at radius 1 is 1.40 bits per heavy atom. The molecule has 3 nitrogen and oxygen atoms in total. The van der Waals surface area contributed by atoms with Gasteiger partial charge in [0.25, 0.3) is 0 Å². The molecular formula is C12H25NO2. The summed E-state index contributed by atoms with van der Waals surface area (Å²) in [5.41, 5.74) is -0.122. The van der Waals surface area contributed by atoms with Crippen LogP contribution in [0.2, 0.25) is 0 Å². The van der Waals surface area contributed by atoms with E-state index in [0.29, 0.717) is 18.9 Å². The zero-order valence-electron chi connectivity index (χ0n) is 10.7. The Morgan fingerprint density at radius 2 is 2.00 bits per heavy atom. The van der Waals surface area contributed by atoms with E-state index < -0.39 is 0 Å². The van der Waals surface area contributed by atoms with E-state index in [1.807, 2.05) is 27.7 Å². The third-order valence-electron chi connectivity index (χ3n) is 2.02. The molecule has 0 unspecified atom stereocenters. The first-order valence-corrected chi connectivity index (χ1v) is 5.78. The van der Waals surface area contributed by atoms with Gasteiger partial charge in [-0.2, -0.15) is 0 Å². The van der Waals surface area contributed by atoms with Gasteiger partial charge in [0.15, 0.2) is 0 Å². The van der Waals surface area contributed by atoms with Gasteiger partial charge in [-0.25, -0.2) is 0 Å². The van der Waals surface area contributed by atoms with E-state index in [0.717, 1.165) is 13.0 Å². The SMILES string of the molecule is CCCNC(C)(C)COC(=O)CC(C)C. The van der Waals surface area contributed by atoms with Gasteiger partial charge in [-0.15, -0.1) is 0 Å². The Balaban J connectivity index is 3.77. The second-order valence-corrected chi connectivity index (χ2v) is 5.07. The number of hydrogen-bond donors (Lipinski definition) is 1. The third-order valence-corrected chi connectivity index (χ3v) is 2.02. The van der Waals surface area contributed by atoms with E-state index in [4.69, 9.17) is 4.74 Å². The smallest absolute Gasteiger partial charge is 0.306 e. The van der Waals surface area contributed by atoms with Crippen molar-refractivity contribution in [1.29, 1.82) is 0 Å². The Morgan fingerprint density at radius 3 is 2.47 bits per heavy atom. The summed E-state index contributed by atoms with van der Waals surface area (Å²) in [7, 11) is 0. The summed E-state index contributed by atoms with van der Waals surface area (Å²) >= 11 is 0. The highest BCUT2D eigenvalue weighted by Gasteiger charge is 2.19. The lowest BCUT2D eigenvalue weighted by Gasteiger charge is -2.25. The Hall–Kier alpha value is -0.570. The Bertz CT molecular complexity index is 188. The second-order valence-electron chi connectivity index (χ2n) is 5.07. The van der Waals surface area contributed by atoms with Gasteiger partial charge in [0.2, 0.25) is 0 Å². The van der Waals surface area contributed by atoms with E-state index in [1.165, 1.54) is 0 Å². The van der Waals surface area contributed by atoms with Crippen molar-refractivity contribution in [1.82, 2.24) is 5.32 Å². The van der Waals surface area contributed by atoms with Crippen LogP contribution in [0, 0.1) is 5.92 Å². The van der Waals surface area contributed by atoms with Crippen molar-refractivity contribution in [3.05, 3.63) is 0 Å². The minimum absolute atomic E-state index is 0.101. The van der Waals surface area contributed by atoms with E-state index in [-0.39, 0.29) is 11.5 Å². The summed E-state index contributed by atoms with van der Waals surface area (Å²) in [5, 5.41) is 3.34. The van der Waals surface area contributed by atoms with Gasteiger partial charge >= 0.3 is 5.97 Å². The predicted octanol–water partition coefficient (Wildman–Crippen LogP) is 2.35. The van der Waals surface area contributed by atoms with Crippen molar-refractivity contribution in [2.45, 2.75) is 53.0 Å². The van der Waals surface area contributed by atoms with Gasteiger partial charge in [-0.1, -0.05) is 20.8 Å². The van der Waals surface area contributed by atoms with Crippen LogP contribution < -0.4 is 5.32 Å². The average Bonchev–Trinajstić information content (AvgIpc) is 2.11. The van der Waals surface area contributed by atoms with Gasteiger partial charge < -0.3 is 10.1 Å². The molecule has 1 N–H and O–H groups in total. The molecule has 0 aliphatic carbocycles. The molecule has 3 heteroatoms. The lowest BCUT2D eigenvalue weighted by Crippen LogP contribution is -2.44. The van der Waals surface area contributed by atoms with Gasteiger partial charge in [-0.3, -0.25) is 4.79 Å². The quantitative estimate of drug-likeness (QED) is 0.662. The van der Waals surface area contributed by atoms with Gasteiger partial charge in [0, 0.05) is 12.0 Å². The molecule has 0 saturated carbocycles. The maximum absolute atomic E-state index is 11.3. The van der Waals surface area contributed by atoms with Gasteiger partial charge in [-0.05, 0) is 32.7 Å². The number of esters is 1. The number of carbonyl (C=O) groups excluding carboxylic acids is 1. The fourth-order valence-electron chi connectivity index (χ4n) is 1.17. The first kappa shape index (κ1) is 14.4. The van der Waals surface area contributed by atoms with Crippen molar-refractivity contribution in [3.8, 4) is 0 Å². The Kier molecular flexibility index (Phi) is 6.57. The molecule has 0 rings (SSSR count). The number of hydrogen-bond acceptors (Lipinski definition) is 3. The minimum atomic E-state index is -0.122. The highest BCUT2D eigenvalue weighted by Crippen LogP contribution is 2.06. The lowest BCUT2D eigenvalue weighted by atomic mass is 10.1. The summed E-state index contributed by atoms with van der Waals surface area (Å²) in [4.78, 5) is 11.3. The predicted molar refractivity (Wildman–Crippen MR) is 62.8 cm³/mol. The van der Waals surface area contributed by atoms with Crippen molar-refractivity contribution in [3.63, 3.8) is 0 Å². The molecule has 0 aliphatic heterocycles. The zero-order chi connectivity index (χ0) is 11.9. The molecule has 0 atom stereocenters. The second kappa shape index (κ2) is 6.83. The molecule has 0 heterocycles. The summed E-state index contributed by atoms with van der Waals surface area (Å²) < 4.78 is 5.21. The van der Waals surface area contributed by atoms with Gasteiger partial charge in [0.1, 0.15) is 6.61 Å². The standard InChI is InChI=1S/C12H25NO2/c1-6-7-13-12(4,5)9-15-11(14)8-10(2)3/h10,13H,6-9H2,1-5H3. The summed E-state index contributed by atoms with van der Waals surface area (Å²) in [6.07, 6.45) is 1.59. The monoisotopic (exact) mass is 215 g/mol. The fourth-order valence-corrected chi connectivity index (χ4v) is 1.17. The molecule has 0 radical (unpaired) electrons. The normalized spacial score (nSPS) is 11.9. The molecule has 0 spiro atoms. The zero-order valence-corrected chi connectivity index (χ0v) is 10.7. The summed E-state index contributed by atoms with van der Waals surface area (Å²) in [6, 6.07) is 0. The highest BCUT2D eigenvalue weighted by atomic mass is 16.5. The van der Waals surface area contributed by atoms with Crippen LogP contribution in [0.25, 0.3) is 0 Å². The molecule has 0 fully saturated rings. The van der Waals surface area contributed by atoms with Crippen molar-refractivity contribution < 1.29 is 9.53 Å². The molecule has 0 amide bonds. The van der Waals surface area contributed by atoms with Crippen molar-refractivity contribution >= 4 is 5.97 Å². The first-order chi connectivity index (χ1) is 6.87. The van der Waals surface area contributed by atoms with Crippen LogP contribution in [0.5, 0.6) is 0 Å². The molecule has 0 saturated heterocycles. The highest BCUT2D eigenvalue weighted by molar-refractivity contribution is 5.69. The van der Waals surface area contributed by atoms with Crippen LogP contribution in [0.1, 0.15) is 47.5 Å². The molecule has 0 aromatic carbocycles. The minimum Gasteiger partial charge on any atom is -0.464 e. The number of ether oxygens (including phenoxy) is 1. The van der Waals surface area contributed by atoms with E-state index in [1.54, 1.807) is 0 Å². The van der Waals surface area contributed by atoms with E-state index >= 15 is 0 Å². The molecule has 0 aliphatic rings. The summed E-state index contributed by atoms with van der Waals surface area (Å²) in [6.45, 7) is 11.6. The maximum Gasteiger partial charge on any atom is 0.306 e.